The number of pyridine rings is 1. The van der Waals surface area contributed by atoms with Gasteiger partial charge in [-0.2, -0.15) is 0 Å². The first-order valence-electron chi connectivity index (χ1n) is 6.36. The average molecular weight is 267 g/mol. The van der Waals surface area contributed by atoms with E-state index in [0.717, 1.165) is 39.8 Å². The van der Waals surface area contributed by atoms with E-state index in [-0.39, 0.29) is 6.79 Å². The van der Waals surface area contributed by atoms with E-state index in [1.807, 2.05) is 47.9 Å². The van der Waals surface area contributed by atoms with E-state index >= 15 is 0 Å². The highest BCUT2D eigenvalue weighted by atomic mass is 16.7. The second-order valence-corrected chi connectivity index (χ2v) is 4.80. The highest BCUT2D eigenvalue weighted by Crippen LogP contribution is 2.35. The van der Waals surface area contributed by atoms with Crippen LogP contribution in [0.3, 0.4) is 0 Å². The summed E-state index contributed by atoms with van der Waals surface area (Å²) in [6.07, 6.45) is 1.98. The number of rotatable bonds is 1. The molecular weight excluding hydrogens is 254 g/mol. The summed E-state index contributed by atoms with van der Waals surface area (Å²) in [4.78, 5) is 4.62. The first-order chi connectivity index (χ1) is 9.72. The molecule has 5 heteroatoms. The van der Waals surface area contributed by atoms with Crippen LogP contribution in [0.5, 0.6) is 11.5 Å². The highest BCUT2D eigenvalue weighted by molar-refractivity contribution is 5.67. The molecule has 0 radical (unpaired) electrons. The molecule has 3 heterocycles. The molecule has 0 aliphatic carbocycles. The fourth-order valence-corrected chi connectivity index (χ4v) is 2.40. The second kappa shape index (κ2) is 3.90. The van der Waals surface area contributed by atoms with E-state index in [0.29, 0.717) is 0 Å². The topological polar surface area (TPSA) is 61.8 Å². The average Bonchev–Trinajstić information content (AvgIpc) is 3.08. The van der Waals surface area contributed by atoms with E-state index in [9.17, 15) is 0 Å². The van der Waals surface area contributed by atoms with Gasteiger partial charge in [0.15, 0.2) is 11.5 Å². The van der Waals surface area contributed by atoms with Crippen molar-refractivity contribution in [2.24, 2.45) is 0 Å². The number of anilines is 1. The third kappa shape index (κ3) is 1.53. The monoisotopic (exact) mass is 267 g/mol. The number of fused-ring (bicyclic) bond motifs is 2. The molecule has 1 aliphatic heterocycles. The Kier molecular flexibility index (Phi) is 2.18. The van der Waals surface area contributed by atoms with Gasteiger partial charge in [-0.1, -0.05) is 0 Å². The van der Waals surface area contributed by atoms with E-state index in [1.165, 1.54) is 0 Å². The van der Waals surface area contributed by atoms with Crippen LogP contribution in [-0.2, 0) is 0 Å². The van der Waals surface area contributed by atoms with E-state index in [4.69, 9.17) is 15.2 Å². The summed E-state index contributed by atoms with van der Waals surface area (Å²) in [5.41, 5.74) is 10.4. The Bertz CT molecular complexity index is 823. The van der Waals surface area contributed by atoms with Crippen molar-refractivity contribution in [1.82, 2.24) is 9.38 Å². The Labute approximate surface area is 115 Å². The molecule has 1 aromatic carbocycles. The number of imidazole rings is 1. The molecule has 20 heavy (non-hydrogen) atoms. The molecule has 0 spiro atoms. The van der Waals surface area contributed by atoms with Crippen LogP contribution in [0.25, 0.3) is 16.9 Å². The molecule has 2 N–H and O–H groups in total. The van der Waals surface area contributed by atoms with Gasteiger partial charge in [0.05, 0.1) is 11.4 Å². The van der Waals surface area contributed by atoms with Crippen molar-refractivity contribution in [1.29, 1.82) is 0 Å². The highest BCUT2D eigenvalue weighted by Gasteiger charge is 2.15. The zero-order chi connectivity index (χ0) is 13.7. The lowest BCUT2D eigenvalue weighted by molar-refractivity contribution is 0.174. The molecule has 0 unspecified atom stereocenters. The summed E-state index contributed by atoms with van der Waals surface area (Å²) in [5, 5.41) is 0. The van der Waals surface area contributed by atoms with Crippen LogP contribution in [0.2, 0.25) is 0 Å². The van der Waals surface area contributed by atoms with Crippen molar-refractivity contribution in [2.45, 2.75) is 6.92 Å². The van der Waals surface area contributed by atoms with Gasteiger partial charge in [0.1, 0.15) is 5.65 Å². The number of ether oxygens (including phenoxy) is 2. The molecule has 5 nitrogen and oxygen atoms in total. The maximum absolute atomic E-state index is 5.92. The molecule has 0 saturated heterocycles. The van der Waals surface area contributed by atoms with Crippen molar-refractivity contribution in [3.8, 4) is 22.8 Å². The van der Waals surface area contributed by atoms with Crippen molar-refractivity contribution in [2.75, 3.05) is 12.5 Å². The number of hydrogen-bond donors (Lipinski definition) is 1. The Morgan fingerprint density at radius 3 is 2.90 bits per heavy atom. The molecule has 0 fully saturated rings. The Balaban J connectivity index is 1.88. The molecule has 0 atom stereocenters. The number of nitrogens with zero attached hydrogens (tertiary/aromatic N) is 2. The largest absolute Gasteiger partial charge is 0.454 e. The zero-order valence-electron chi connectivity index (χ0n) is 11.0. The third-order valence-corrected chi connectivity index (χ3v) is 3.59. The molecule has 2 aromatic heterocycles. The van der Waals surface area contributed by atoms with Crippen LogP contribution >= 0.6 is 0 Å². The molecule has 100 valence electrons. The maximum atomic E-state index is 5.92. The van der Waals surface area contributed by atoms with Gasteiger partial charge < -0.3 is 19.6 Å². The number of nitrogen functional groups attached to an aromatic ring is 1. The summed E-state index contributed by atoms with van der Waals surface area (Å²) in [6.45, 7) is 2.26. The Hall–Kier alpha value is -2.69. The molecule has 0 saturated carbocycles. The summed E-state index contributed by atoms with van der Waals surface area (Å²) in [6, 6.07) is 9.62. The number of hydrogen-bond acceptors (Lipinski definition) is 4. The van der Waals surface area contributed by atoms with Gasteiger partial charge in [0, 0.05) is 17.5 Å². The van der Waals surface area contributed by atoms with E-state index in [1.54, 1.807) is 0 Å². The molecule has 4 rings (SSSR count). The fraction of sp³-hybridized carbons (Fsp3) is 0.133. The minimum Gasteiger partial charge on any atom is -0.454 e. The molecule has 0 amide bonds. The van der Waals surface area contributed by atoms with E-state index in [2.05, 4.69) is 4.98 Å². The first kappa shape index (κ1) is 11.2. The van der Waals surface area contributed by atoms with Crippen LogP contribution < -0.4 is 15.2 Å². The molecular formula is C15H13N3O2. The van der Waals surface area contributed by atoms with E-state index < -0.39 is 0 Å². The van der Waals surface area contributed by atoms with Crippen molar-refractivity contribution < 1.29 is 9.47 Å². The van der Waals surface area contributed by atoms with Crippen molar-refractivity contribution >= 4 is 11.3 Å². The van der Waals surface area contributed by atoms with Crippen LogP contribution in [0.4, 0.5) is 5.69 Å². The lowest BCUT2D eigenvalue weighted by Crippen LogP contribution is -1.96. The SMILES string of the molecule is Cc1c(N)ccc2nc(-c3ccc4c(c3)OCO4)cn12. The predicted octanol–water partition coefficient (Wildman–Crippen LogP) is 2.62. The minimum atomic E-state index is 0.277. The number of benzene rings is 1. The van der Waals surface area contributed by atoms with Gasteiger partial charge in [0.2, 0.25) is 6.79 Å². The van der Waals surface area contributed by atoms with Crippen molar-refractivity contribution in [3.63, 3.8) is 0 Å². The Morgan fingerprint density at radius 2 is 2.00 bits per heavy atom. The van der Waals surface area contributed by atoms with Crippen LogP contribution in [0, 0.1) is 6.92 Å². The van der Waals surface area contributed by atoms with Gasteiger partial charge in [-0.15, -0.1) is 0 Å². The zero-order valence-corrected chi connectivity index (χ0v) is 11.0. The minimum absolute atomic E-state index is 0.277. The predicted molar refractivity (Wildman–Crippen MR) is 75.9 cm³/mol. The van der Waals surface area contributed by atoms with Crippen LogP contribution in [-0.4, -0.2) is 16.2 Å². The number of aryl methyl sites for hydroxylation is 1. The quantitative estimate of drug-likeness (QED) is 0.736. The maximum Gasteiger partial charge on any atom is 0.231 e. The second-order valence-electron chi connectivity index (χ2n) is 4.80. The lowest BCUT2D eigenvalue weighted by Gasteiger charge is -2.02. The number of aromatic nitrogens is 2. The summed E-state index contributed by atoms with van der Waals surface area (Å²) in [7, 11) is 0. The fourth-order valence-electron chi connectivity index (χ4n) is 2.40. The van der Waals surface area contributed by atoms with Crippen LogP contribution in [0.1, 0.15) is 5.69 Å². The standard InChI is InChI=1S/C15H13N3O2/c1-9-11(16)3-5-15-17-12(7-18(9)15)10-2-4-13-14(6-10)20-8-19-13/h2-7H,8,16H2,1H3. The van der Waals surface area contributed by atoms with Gasteiger partial charge in [-0.3, -0.25) is 0 Å². The first-order valence-corrected chi connectivity index (χ1v) is 6.36. The van der Waals surface area contributed by atoms with Gasteiger partial charge in [0.25, 0.3) is 0 Å². The summed E-state index contributed by atoms with van der Waals surface area (Å²) >= 11 is 0. The molecule has 3 aromatic rings. The van der Waals surface area contributed by atoms with Gasteiger partial charge >= 0.3 is 0 Å². The van der Waals surface area contributed by atoms with Gasteiger partial charge in [-0.25, -0.2) is 4.98 Å². The molecule has 0 bridgehead atoms. The third-order valence-electron chi connectivity index (χ3n) is 3.59. The summed E-state index contributed by atoms with van der Waals surface area (Å²) < 4.78 is 12.7. The van der Waals surface area contributed by atoms with Crippen LogP contribution in [0.15, 0.2) is 36.5 Å². The van der Waals surface area contributed by atoms with Gasteiger partial charge in [-0.05, 0) is 37.3 Å². The Morgan fingerprint density at radius 1 is 1.15 bits per heavy atom. The number of nitrogens with two attached hydrogens (primary N) is 1. The normalized spacial score (nSPS) is 13.1. The summed E-state index contributed by atoms with van der Waals surface area (Å²) in [5.74, 6) is 1.54. The lowest BCUT2D eigenvalue weighted by atomic mass is 10.1. The smallest absolute Gasteiger partial charge is 0.231 e. The molecule has 1 aliphatic rings. The van der Waals surface area contributed by atoms with Crippen molar-refractivity contribution in [3.05, 3.63) is 42.2 Å².